The fraction of sp³-hybridized carbons (Fsp3) is 0.462. The van der Waals surface area contributed by atoms with E-state index in [0.717, 1.165) is 11.5 Å². The third-order valence-corrected chi connectivity index (χ3v) is 2.79. The van der Waals surface area contributed by atoms with Crippen LogP contribution in [0.25, 0.3) is 5.65 Å². The second-order valence-electron chi connectivity index (χ2n) is 5.44. The molecule has 0 aliphatic rings. The van der Waals surface area contributed by atoms with Crippen molar-refractivity contribution in [2.24, 2.45) is 0 Å². The van der Waals surface area contributed by atoms with Crippen molar-refractivity contribution in [2.45, 2.75) is 32.8 Å². The van der Waals surface area contributed by atoms with Gasteiger partial charge in [-0.2, -0.15) is 0 Å². The largest absolute Gasteiger partial charge is 0.478 e. The lowest BCUT2D eigenvalue weighted by Crippen LogP contribution is -2.18. The lowest BCUT2D eigenvalue weighted by Gasteiger charge is -2.18. The van der Waals surface area contributed by atoms with E-state index in [0.29, 0.717) is 12.3 Å². The number of ether oxygens (including phenoxy) is 1. The molecule has 2 aromatic rings. The Labute approximate surface area is 111 Å². The van der Waals surface area contributed by atoms with Crippen molar-refractivity contribution in [3.8, 4) is 0 Å². The van der Waals surface area contributed by atoms with Gasteiger partial charge in [-0.05, 0) is 12.1 Å². The number of hydrogen-bond acceptors (Lipinski definition) is 4. The molecule has 19 heavy (non-hydrogen) atoms. The summed E-state index contributed by atoms with van der Waals surface area (Å²) in [5.74, 6) is -0.202. The minimum Gasteiger partial charge on any atom is -0.478 e. The Bertz CT molecular complexity index is 626. The van der Waals surface area contributed by atoms with Gasteiger partial charge in [0, 0.05) is 12.5 Å². The summed E-state index contributed by atoms with van der Waals surface area (Å²) in [7, 11) is 1.57. The van der Waals surface area contributed by atoms with E-state index in [2.05, 4.69) is 10.2 Å². The molecule has 0 aliphatic heterocycles. The molecule has 0 fully saturated rings. The Morgan fingerprint density at radius 3 is 2.58 bits per heavy atom. The summed E-state index contributed by atoms with van der Waals surface area (Å²) in [5.41, 5.74) is 1.25. The van der Waals surface area contributed by atoms with Gasteiger partial charge in [-0.15, -0.1) is 10.2 Å². The number of pyridine rings is 1. The average molecular weight is 263 g/mol. The zero-order valence-corrected chi connectivity index (χ0v) is 11.5. The van der Waals surface area contributed by atoms with Gasteiger partial charge in [0.1, 0.15) is 5.82 Å². The number of carboxylic acid groups (broad SMARTS) is 1. The molecule has 0 amide bonds. The van der Waals surface area contributed by atoms with Gasteiger partial charge < -0.3 is 9.84 Å². The minimum absolute atomic E-state index is 0.187. The van der Waals surface area contributed by atoms with E-state index in [-0.39, 0.29) is 11.0 Å². The van der Waals surface area contributed by atoms with Crippen LogP contribution in [0.15, 0.2) is 12.1 Å². The van der Waals surface area contributed by atoms with E-state index in [1.54, 1.807) is 13.2 Å². The van der Waals surface area contributed by atoms with Crippen molar-refractivity contribution in [1.29, 1.82) is 0 Å². The molecule has 0 bridgehead atoms. The van der Waals surface area contributed by atoms with Crippen LogP contribution in [0.1, 0.15) is 42.6 Å². The number of aromatic carboxylic acids is 1. The predicted molar refractivity (Wildman–Crippen MR) is 69.4 cm³/mol. The molecule has 0 unspecified atom stereocenters. The van der Waals surface area contributed by atoms with Gasteiger partial charge in [0.05, 0.1) is 17.9 Å². The van der Waals surface area contributed by atoms with E-state index in [4.69, 9.17) is 9.84 Å². The molecule has 6 nitrogen and oxygen atoms in total. The summed E-state index contributed by atoms with van der Waals surface area (Å²) in [5, 5.41) is 17.3. The molecule has 2 rings (SSSR count). The van der Waals surface area contributed by atoms with Gasteiger partial charge >= 0.3 is 5.97 Å². The van der Waals surface area contributed by atoms with E-state index in [1.165, 1.54) is 6.07 Å². The van der Waals surface area contributed by atoms with Gasteiger partial charge in [0.25, 0.3) is 0 Å². The number of hydrogen-bond donors (Lipinski definition) is 1. The molecular weight excluding hydrogens is 246 g/mol. The maximum absolute atomic E-state index is 11.1. The highest BCUT2D eigenvalue weighted by Gasteiger charge is 2.23. The van der Waals surface area contributed by atoms with Crippen molar-refractivity contribution in [1.82, 2.24) is 14.6 Å². The molecule has 0 spiro atoms. The maximum atomic E-state index is 11.1. The standard InChI is InChI=1S/C13H17N3O3/c1-13(2,3)12-15-14-10-6-8(11(17)18)5-9(7-19-4)16(10)12/h5-6H,7H2,1-4H3,(H,17,18). The molecule has 0 saturated carbocycles. The quantitative estimate of drug-likeness (QED) is 0.914. The Kier molecular flexibility index (Phi) is 3.28. The molecule has 0 aliphatic carbocycles. The number of carbonyl (C=O) groups is 1. The topological polar surface area (TPSA) is 76.7 Å². The Morgan fingerprint density at radius 1 is 1.37 bits per heavy atom. The van der Waals surface area contributed by atoms with Gasteiger partial charge in [-0.25, -0.2) is 4.79 Å². The van der Waals surface area contributed by atoms with Crippen LogP contribution >= 0.6 is 0 Å². The molecule has 0 saturated heterocycles. The molecule has 0 aromatic carbocycles. The molecular formula is C13H17N3O3. The lowest BCUT2D eigenvalue weighted by atomic mass is 9.95. The SMILES string of the molecule is COCc1cc(C(=O)O)cc2nnc(C(C)(C)C)n12. The van der Waals surface area contributed by atoms with Crippen molar-refractivity contribution >= 4 is 11.6 Å². The highest BCUT2D eigenvalue weighted by atomic mass is 16.5. The van der Waals surface area contributed by atoms with Crippen LogP contribution < -0.4 is 0 Å². The second-order valence-corrected chi connectivity index (χ2v) is 5.44. The average Bonchev–Trinajstić information content (AvgIpc) is 2.72. The molecule has 6 heteroatoms. The summed E-state index contributed by atoms with van der Waals surface area (Å²) < 4.78 is 7.00. The maximum Gasteiger partial charge on any atom is 0.335 e. The zero-order chi connectivity index (χ0) is 14.2. The van der Waals surface area contributed by atoms with Crippen LogP contribution in [0.4, 0.5) is 0 Å². The van der Waals surface area contributed by atoms with Crippen LogP contribution in [0.2, 0.25) is 0 Å². The van der Waals surface area contributed by atoms with E-state index in [9.17, 15) is 4.79 Å². The van der Waals surface area contributed by atoms with Gasteiger partial charge in [-0.1, -0.05) is 20.8 Å². The zero-order valence-electron chi connectivity index (χ0n) is 11.5. The Balaban J connectivity index is 2.75. The van der Waals surface area contributed by atoms with Crippen LogP contribution in [-0.2, 0) is 16.8 Å². The molecule has 0 radical (unpaired) electrons. The lowest BCUT2D eigenvalue weighted by molar-refractivity contribution is 0.0696. The third kappa shape index (κ3) is 2.44. The molecule has 2 heterocycles. The fourth-order valence-electron chi connectivity index (χ4n) is 1.96. The van der Waals surface area contributed by atoms with Gasteiger partial charge in [-0.3, -0.25) is 4.40 Å². The number of nitrogens with zero attached hydrogens (tertiary/aromatic N) is 3. The number of rotatable bonds is 3. The summed E-state index contributed by atoms with van der Waals surface area (Å²) in [6.07, 6.45) is 0. The van der Waals surface area contributed by atoms with Gasteiger partial charge in [0.2, 0.25) is 0 Å². The van der Waals surface area contributed by atoms with Crippen molar-refractivity contribution in [3.63, 3.8) is 0 Å². The highest BCUT2D eigenvalue weighted by molar-refractivity contribution is 5.89. The summed E-state index contributed by atoms with van der Waals surface area (Å²) in [6.45, 7) is 6.40. The van der Waals surface area contributed by atoms with Crippen LogP contribution in [0.5, 0.6) is 0 Å². The number of aromatic nitrogens is 3. The molecule has 2 aromatic heterocycles. The second kappa shape index (κ2) is 4.62. The normalized spacial score (nSPS) is 12.0. The Morgan fingerprint density at radius 2 is 2.05 bits per heavy atom. The highest BCUT2D eigenvalue weighted by Crippen LogP contribution is 2.23. The first-order valence-electron chi connectivity index (χ1n) is 5.95. The van der Waals surface area contributed by atoms with E-state index < -0.39 is 5.97 Å². The summed E-state index contributed by atoms with van der Waals surface area (Å²) in [6, 6.07) is 3.11. The monoisotopic (exact) mass is 263 g/mol. The number of fused-ring (bicyclic) bond motifs is 1. The molecule has 0 atom stereocenters. The van der Waals surface area contributed by atoms with Crippen LogP contribution in [-0.4, -0.2) is 32.8 Å². The van der Waals surface area contributed by atoms with Crippen molar-refractivity contribution in [3.05, 3.63) is 29.2 Å². The van der Waals surface area contributed by atoms with Crippen LogP contribution in [0, 0.1) is 0 Å². The summed E-state index contributed by atoms with van der Waals surface area (Å²) in [4.78, 5) is 11.1. The predicted octanol–water partition coefficient (Wildman–Crippen LogP) is 1.87. The number of carboxylic acids is 1. The minimum atomic E-state index is -0.986. The first-order chi connectivity index (χ1) is 8.84. The first-order valence-corrected chi connectivity index (χ1v) is 5.95. The van der Waals surface area contributed by atoms with Crippen LogP contribution in [0.3, 0.4) is 0 Å². The van der Waals surface area contributed by atoms with Gasteiger partial charge in [0.15, 0.2) is 5.65 Å². The molecule has 1 N–H and O–H groups in total. The number of methoxy groups -OCH3 is 1. The Hall–Kier alpha value is -1.95. The van der Waals surface area contributed by atoms with E-state index in [1.807, 2.05) is 25.2 Å². The van der Waals surface area contributed by atoms with E-state index >= 15 is 0 Å². The third-order valence-electron chi connectivity index (χ3n) is 2.79. The molecule has 102 valence electrons. The van der Waals surface area contributed by atoms with Crippen molar-refractivity contribution in [2.75, 3.05) is 7.11 Å². The summed E-state index contributed by atoms with van der Waals surface area (Å²) >= 11 is 0. The van der Waals surface area contributed by atoms with Crippen molar-refractivity contribution < 1.29 is 14.6 Å². The fourth-order valence-corrected chi connectivity index (χ4v) is 1.96. The smallest absolute Gasteiger partial charge is 0.335 e. The first kappa shape index (κ1) is 13.5.